The van der Waals surface area contributed by atoms with Gasteiger partial charge in [0.05, 0.1) is 11.6 Å². The number of aromatic nitrogens is 1. The number of pyridine rings is 1. The number of benzene rings is 1. The van der Waals surface area contributed by atoms with Gasteiger partial charge in [-0.25, -0.2) is 4.98 Å². The number of piperazine rings is 1. The minimum atomic E-state index is 0.914. The van der Waals surface area contributed by atoms with Gasteiger partial charge in [-0.1, -0.05) is 30.3 Å². The summed E-state index contributed by atoms with van der Waals surface area (Å²) in [7, 11) is 0. The molecule has 4 heteroatoms. The van der Waals surface area contributed by atoms with Crippen molar-refractivity contribution in [2.24, 2.45) is 0 Å². The van der Waals surface area contributed by atoms with E-state index in [-0.39, 0.29) is 0 Å². The van der Waals surface area contributed by atoms with Crippen LogP contribution >= 0.6 is 0 Å². The van der Waals surface area contributed by atoms with Crippen molar-refractivity contribution in [1.82, 2.24) is 9.88 Å². The molecule has 0 aliphatic carbocycles. The molecule has 0 atom stereocenters. The van der Waals surface area contributed by atoms with Crippen LogP contribution in [0.25, 0.3) is 11.0 Å². The molecule has 0 unspecified atom stereocenters. The molecule has 2 aromatic heterocycles. The largest absolute Gasteiger partial charge is 0.464 e. The van der Waals surface area contributed by atoms with E-state index >= 15 is 0 Å². The minimum absolute atomic E-state index is 0.914. The summed E-state index contributed by atoms with van der Waals surface area (Å²) in [5, 5.41) is 1.11. The molecular formula is C18H19N3O. The Balaban J connectivity index is 1.45. The summed E-state index contributed by atoms with van der Waals surface area (Å²) in [6.07, 6.45) is 3.57. The second-order valence-electron chi connectivity index (χ2n) is 5.72. The van der Waals surface area contributed by atoms with Crippen molar-refractivity contribution in [2.45, 2.75) is 6.54 Å². The van der Waals surface area contributed by atoms with Crippen molar-refractivity contribution in [3.63, 3.8) is 0 Å². The van der Waals surface area contributed by atoms with Crippen LogP contribution in [-0.2, 0) is 6.54 Å². The quantitative estimate of drug-likeness (QED) is 0.742. The first-order valence-corrected chi connectivity index (χ1v) is 7.73. The summed E-state index contributed by atoms with van der Waals surface area (Å²) in [5.74, 6) is 1.05. The van der Waals surface area contributed by atoms with E-state index in [4.69, 9.17) is 4.42 Å². The number of hydrogen-bond acceptors (Lipinski definition) is 4. The van der Waals surface area contributed by atoms with Crippen molar-refractivity contribution in [1.29, 1.82) is 0 Å². The molecule has 3 aromatic rings. The van der Waals surface area contributed by atoms with E-state index in [2.05, 4.69) is 45.1 Å². The van der Waals surface area contributed by atoms with E-state index in [9.17, 15) is 0 Å². The smallest absolute Gasteiger partial charge is 0.139 e. The molecule has 112 valence electrons. The average Bonchev–Trinajstić information content (AvgIpc) is 3.05. The zero-order valence-corrected chi connectivity index (χ0v) is 12.5. The number of hydrogen-bond donors (Lipinski definition) is 0. The van der Waals surface area contributed by atoms with Crippen LogP contribution in [0.15, 0.2) is 59.3 Å². The zero-order valence-electron chi connectivity index (χ0n) is 12.5. The third kappa shape index (κ3) is 2.57. The van der Waals surface area contributed by atoms with Crippen LogP contribution in [-0.4, -0.2) is 36.1 Å². The highest BCUT2D eigenvalue weighted by Crippen LogP contribution is 2.26. The van der Waals surface area contributed by atoms with Crippen LogP contribution in [0.1, 0.15) is 5.56 Å². The van der Waals surface area contributed by atoms with Crippen LogP contribution in [0.4, 0.5) is 5.82 Å². The molecule has 3 heterocycles. The molecule has 0 N–H and O–H groups in total. The Morgan fingerprint density at radius 3 is 2.59 bits per heavy atom. The number of rotatable bonds is 3. The lowest BCUT2D eigenvalue weighted by molar-refractivity contribution is 0.249. The highest BCUT2D eigenvalue weighted by molar-refractivity contribution is 5.88. The number of fused-ring (bicyclic) bond motifs is 1. The Kier molecular flexibility index (Phi) is 3.52. The van der Waals surface area contributed by atoms with Crippen molar-refractivity contribution in [3.8, 4) is 0 Å². The summed E-state index contributed by atoms with van der Waals surface area (Å²) < 4.78 is 5.47. The Morgan fingerprint density at radius 1 is 0.955 bits per heavy atom. The molecule has 1 aliphatic rings. The van der Waals surface area contributed by atoms with Crippen molar-refractivity contribution in [3.05, 3.63) is 60.5 Å². The lowest BCUT2D eigenvalue weighted by Gasteiger charge is -2.35. The summed E-state index contributed by atoms with van der Waals surface area (Å²) in [6.45, 7) is 5.15. The second kappa shape index (κ2) is 5.81. The van der Waals surface area contributed by atoms with Gasteiger partial charge >= 0.3 is 0 Å². The van der Waals surface area contributed by atoms with E-state index in [1.165, 1.54) is 5.56 Å². The Morgan fingerprint density at radius 2 is 1.77 bits per heavy atom. The van der Waals surface area contributed by atoms with Gasteiger partial charge in [0.15, 0.2) is 0 Å². The van der Waals surface area contributed by atoms with Crippen LogP contribution in [0, 0.1) is 0 Å². The van der Waals surface area contributed by atoms with Crippen LogP contribution in [0.3, 0.4) is 0 Å². The van der Waals surface area contributed by atoms with E-state index in [1.807, 2.05) is 18.3 Å². The van der Waals surface area contributed by atoms with Gasteiger partial charge in [0.1, 0.15) is 11.4 Å². The molecule has 1 aliphatic heterocycles. The van der Waals surface area contributed by atoms with E-state index < -0.39 is 0 Å². The number of furan rings is 1. The Bertz CT molecular complexity index is 745. The Labute approximate surface area is 130 Å². The van der Waals surface area contributed by atoms with Gasteiger partial charge < -0.3 is 9.32 Å². The normalized spacial score (nSPS) is 16.3. The SMILES string of the molecule is c1ccc(CN2CCN(c3nccc4occc34)CC2)cc1. The molecule has 0 saturated carbocycles. The van der Waals surface area contributed by atoms with Gasteiger partial charge in [-0.2, -0.15) is 0 Å². The molecule has 1 fully saturated rings. The van der Waals surface area contributed by atoms with Crippen molar-refractivity contribution < 1.29 is 4.42 Å². The standard InChI is InChI=1S/C18H19N3O/c1-2-4-15(5-3-1)14-20-9-11-21(12-10-20)18-16-7-13-22-17(16)6-8-19-18/h1-8,13H,9-12,14H2. The lowest BCUT2D eigenvalue weighted by Crippen LogP contribution is -2.46. The second-order valence-corrected chi connectivity index (χ2v) is 5.72. The summed E-state index contributed by atoms with van der Waals surface area (Å²) >= 11 is 0. The highest BCUT2D eigenvalue weighted by atomic mass is 16.3. The van der Waals surface area contributed by atoms with Crippen LogP contribution < -0.4 is 4.90 Å². The Hall–Kier alpha value is -2.33. The van der Waals surface area contributed by atoms with E-state index in [0.29, 0.717) is 0 Å². The van der Waals surface area contributed by atoms with Gasteiger partial charge in [-0.15, -0.1) is 0 Å². The van der Waals surface area contributed by atoms with Gasteiger partial charge in [0.25, 0.3) is 0 Å². The van der Waals surface area contributed by atoms with Gasteiger partial charge in [0, 0.05) is 38.9 Å². The highest BCUT2D eigenvalue weighted by Gasteiger charge is 2.20. The molecule has 0 amide bonds. The number of nitrogens with zero attached hydrogens (tertiary/aromatic N) is 3. The fourth-order valence-corrected chi connectivity index (χ4v) is 3.09. The summed E-state index contributed by atoms with van der Waals surface area (Å²) in [4.78, 5) is 9.42. The van der Waals surface area contributed by atoms with Crippen LogP contribution in [0.5, 0.6) is 0 Å². The summed E-state index contributed by atoms with van der Waals surface area (Å²) in [6, 6.07) is 14.6. The molecule has 22 heavy (non-hydrogen) atoms. The summed E-state index contributed by atoms with van der Waals surface area (Å²) in [5.41, 5.74) is 2.29. The maximum absolute atomic E-state index is 5.47. The van der Waals surface area contributed by atoms with Gasteiger partial charge in [-0.05, 0) is 17.7 Å². The first-order chi connectivity index (χ1) is 10.9. The van der Waals surface area contributed by atoms with Crippen molar-refractivity contribution in [2.75, 3.05) is 31.1 Å². The molecule has 0 bridgehead atoms. The van der Waals surface area contributed by atoms with E-state index in [1.54, 1.807) is 6.26 Å². The topological polar surface area (TPSA) is 32.5 Å². The van der Waals surface area contributed by atoms with E-state index in [0.717, 1.165) is 49.5 Å². The van der Waals surface area contributed by atoms with Gasteiger partial charge in [0.2, 0.25) is 0 Å². The van der Waals surface area contributed by atoms with Crippen LogP contribution in [0.2, 0.25) is 0 Å². The predicted molar refractivity (Wildman–Crippen MR) is 87.9 cm³/mol. The third-order valence-corrected chi connectivity index (χ3v) is 4.28. The molecular weight excluding hydrogens is 274 g/mol. The molecule has 0 radical (unpaired) electrons. The first kappa shape index (κ1) is 13.3. The minimum Gasteiger partial charge on any atom is -0.464 e. The fraction of sp³-hybridized carbons (Fsp3) is 0.278. The maximum Gasteiger partial charge on any atom is 0.139 e. The number of anilines is 1. The maximum atomic E-state index is 5.47. The predicted octanol–water partition coefficient (Wildman–Crippen LogP) is 3.15. The fourth-order valence-electron chi connectivity index (χ4n) is 3.09. The molecule has 4 rings (SSSR count). The molecule has 0 spiro atoms. The van der Waals surface area contributed by atoms with Crippen molar-refractivity contribution >= 4 is 16.8 Å². The average molecular weight is 293 g/mol. The van der Waals surface area contributed by atoms with Gasteiger partial charge in [-0.3, -0.25) is 4.90 Å². The monoisotopic (exact) mass is 293 g/mol. The first-order valence-electron chi connectivity index (χ1n) is 7.73. The zero-order chi connectivity index (χ0) is 14.8. The molecule has 1 saturated heterocycles. The lowest BCUT2D eigenvalue weighted by atomic mass is 10.2. The third-order valence-electron chi connectivity index (χ3n) is 4.28. The molecule has 4 nitrogen and oxygen atoms in total. The molecule has 1 aromatic carbocycles.